The Kier molecular flexibility index (Phi) is 5.93. The fraction of sp³-hybridized carbons (Fsp3) is 0.333. The van der Waals surface area contributed by atoms with Crippen LogP contribution in [0.15, 0.2) is 41.8 Å². The van der Waals surface area contributed by atoms with Crippen molar-refractivity contribution in [2.24, 2.45) is 5.92 Å². The molecule has 23 heavy (non-hydrogen) atoms. The van der Waals surface area contributed by atoms with Crippen molar-refractivity contribution < 1.29 is 9.59 Å². The highest BCUT2D eigenvalue weighted by Gasteiger charge is 2.19. The number of rotatable bonds is 6. The maximum absolute atomic E-state index is 12.1. The molecule has 2 amide bonds. The number of hydrogen-bond acceptors (Lipinski definition) is 3. The van der Waals surface area contributed by atoms with Gasteiger partial charge in [-0.3, -0.25) is 9.59 Å². The molecule has 1 aromatic carbocycles. The van der Waals surface area contributed by atoms with E-state index < -0.39 is 0 Å². The molecule has 1 heterocycles. The van der Waals surface area contributed by atoms with Crippen LogP contribution in [-0.2, 0) is 4.79 Å². The average molecular weight is 330 g/mol. The zero-order valence-corrected chi connectivity index (χ0v) is 14.4. The lowest BCUT2D eigenvalue weighted by molar-refractivity contribution is -0.121. The summed E-state index contributed by atoms with van der Waals surface area (Å²) in [6.45, 7) is 6.07. The van der Waals surface area contributed by atoms with E-state index in [0.717, 1.165) is 10.4 Å². The molecule has 122 valence electrons. The molecule has 0 bridgehead atoms. The molecular weight excluding hydrogens is 308 g/mol. The van der Waals surface area contributed by atoms with Crippen molar-refractivity contribution >= 4 is 23.2 Å². The van der Waals surface area contributed by atoms with Crippen molar-refractivity contribution in [3.63, 3.8) is 0 Å². The molecular formula is C18H22N2O2S. The van der Waals surface area contributed by atoms with Crippen molar-refractivity contribution in [2.75, 3.05) is 6.54 Å². The third kappa shape index (κ3) is 4.93. The first-order valence-electron chi connectivity index (χ1n) is 7.65. The number of amides is 2. The second-order valence-electron chi connectivity index (χ2n) is 5.85. The van der Waals surface area contributed by atoms with Crippen LogP contribution in [0.3, 0.4) is 0 Å². The first-order valence-corrected chi connectivity index (χ1v) is 8.53. The van der Waals surface area contributed by atoms with Crippen molar-refractivity contribution in [2.45, 2.75) is 26.8 Å². The number of benzene rings is 1. The second-order valence-corrected chi connectivity index (χ2v) is 6.83. The first kappa shape index (κ1) is 17.2. The molecule has 1 atom stereocenters. The number of thiophene rings is 1. The molecule has 5 heteroatoms. The molecule has 0 saturated carbocycles. The summed E-state index contributed by atoms with van der Waals surface area (Å²) in [4.78, 5) is 25.3. The lowest BCUT2D eigenvalue weighted by Crippen LogP contribution is -2.39. The van der Waals surface area contributed by atoms with Gasteiger partial charge in [0.2, 0.25) is 5.91 Å². The van der Waals surface area contributed by atoms with Gasteiger partial charge in [0.05, 0.1) is 12.6 Å². The maximum Gasteiger partial charge on any atom is 0.251 e. The Hall–Kier alpha value is -2.14. The molecule has 1 unspecified atom stereocenters. The predicted octanol–water partition coefficient (Wildman–Crippen LogP) is 3.30. The lowest BCUT2D eigenvalue weighted by atomic mass is 10.0. The summed E-state index contributed by atoms with van der Waals surface area (Å²) in [6.07, 6.45) is 0. The zero-order chi connectivity index (χ0) is 16.8. The van der Waals surface area contributed by atoms with Gasteiger partial charge in [-0.15, -0.1) is 11.3 Å². The lowest BCUT2D eigenvalue weighted by Gasteiger charge is -2.21. The quantitative estimate of drug-likeness (QED) is 0.854. The van der Waals surface area contributed by atoms with E-state index in [1.165, 1.54) is 0 Å². The van der Waals surface area contributed by atoms with E-state index in [9.17, 15) is 9.59 Å². The normalized spacial score (nSPS) is 12.0. The van der Waals surface area contributed by atoms with Crippen molar-refractivity contribution in [3.8, 4) is 0 Å². The molecule has 0 spiro atoms. The van der Waals surface area contributed by atoms with Crippen LogP contribution in [-0.4, -0.2) is 18.4 Å². The topological polar surface area (TPSA) is 58.2 Å². The average Bonchev–Trinajstić information content (AvgIpc) is 3.04. The van der Waals surface area contributed by atoms with Crippen molar-refractivity contribution in [3.05, 3.63) is 57.8 Å². The third-order valence-corrected chi connectivity index (χ3v) is 4.51. The summed E-state index contributed by atoms with van der Waals surface area (Å²) in [5.41, 5.74) is 1.65. The van der Waals surface area contributed by atoms with E-state index >= 15 is 0 Å². The second kappa shape index (κ2) is 7.92. The summed E-state index contributed by atoms with van der Waals surface area (Å²) in [5, 5.41) is 7.65. The van der Waals surface area contributed by atoms with E-state index in [-0.39, 0.29) is 30.3 Å². The monoisotopic (exact) mass is 330 g/mol. The number of carbonyl (C=O) groups excluding carboxylic acids is 2. The standard InChI is InChI=1S/C18H22N2O2S/c1-12(2)17(15-5-4-10-23-15)20-16(21)11-19-18(22)14-8-6-13(3)7-9-14/h4-10,12,17H,11H2,1-3H3,(H,19,22)(H,20,21). The van der Waals surface area contributed by atoms with Gasteiger partial charge in [-0.1, -0.05) is 37.6 Å². The van der Waals surface area contributed by atoms with E-state index in [2.05, 4.69) is 24.5 Å². The van der Waals surface area contributed by atoms with E-state index in [0.29, 0.717) is 5.56 Å². The molecule has 2 N–H and O–H groups in total. The van der Waals surface area contributed by atoms with E-state index in [1.807, 2.05) is 36.6 Å². The summed E-state index contributed by atoms with van der Waals surface area (Å²) in [7, 11) is 0. The van der Waals surface area contributed by atoms with Gasteiger partial charge >= 0.3 is 0 Å². The Morgan fingerprint density at radius 2 is 1.83 bits per heavy atom. The Balaban J connectivity index is 1.89. The SMILES string of the molecule is Cc1ccc(C(=O)NCC(=O)NC(c2cccs2)C(C)C)cc1. The summed E-state index contributed by atoms with van der Waals surface area (Å²) < 4.78 is 0. The van der Waals surface area contributed by atoms with Gasteiger partial charge in [-0.25, -0.2) is 0 Å². The third-order valence-electron chi connectivity index (χ3n) is 3.56. The Morgan fingerprint density at radius 3 is 2.39 bits per heavy atom. The van der Waals surface area contributed by atoms with E-state index in [4.69, 9.17) is 0 Å². The van der Waals surface area contributed by atoms with Crippen molar-refractivity contribution in [1.29, 1.82) is 0 Å². The predicted molar refractivity (Wildman–Crippen MR) is 93.6 cm³/mol. The van der Waals surface area contributed by atoms with E-state index in [1.54, 1.807) is 23.5 Å². The molecule has 0 fully saturated rings. The van der Waals surface area contributed by atoms with Gasteiger partial charge in [-0.05, 0) is 36.4 Å². The van der Waals surface area contributed by atoms with Gasteiger partial charge in [0, 0.05) is 10.4 Å². The highest BCUT2D eigenvalue weighted by molar-refractivity contribution is 7.10. The molecule has 2 aromatic rings. The van der Waals surface area contributed by atoms with Crippen LogP contribution in [0.2, 0.25) is 0 Å². The minimum absolute atomic E-state index is 0.0265. The van der Waals surface area contributed by atoms with Crippen LogP contribution in [0.25, 0.3) is 0 Å². The fourth-order valence-electron chi connectivity index (χ4n) is 2.23. The Labute approximate surface area is 140 Å². The first-order chi connectivity index (χ1) is 11.0. The molecule has 0 saturated heterocycles. The minimum Gasteiger partial charge on any atom is -0.347 e. The zero-order valence-electron chi connectivity index (χ0n) is 13.6. The maximum atomic E-state index is 12.1. The van der Waals surface area contributed by atoms with Gasteiger partial charge in [0.1, 0.15) is 0 Å². The molecule has 0 aliphatic rings. The number of carbonyl (C=O) groups is 2. The highest BCUT2D eigenvalue weighted by Crippen LogP contribution is 2.25. The number of aryl methyl sites for hydroxylation is 1. The molecule has 0 radical (unpaired) electrons. The largest absolute Gasteiger partial charge is 0.347 e. The highest BCUT2D eigenvalue weighted by atomic mass is 32.1. The fourth-order valence-corrected chi connectivity index (χ4v) is 3.18. The summed E-state index contributed by atoms with van der Waals surface area (Å²) in [5.74, 6) is -0.139. The number of nitrogens with one attached hydrogen (secondary N) is 2. The minimum atomic E-state index is -0.239. The Bertz CT molecular complexity index is 648. The van der Waals surface area contributed by atoms with Gasteiger partial charge in [0.25, 0.3) is 5.91 Å². The molecule has 2 rings (SSSR count). The molecule has 4 nitrogen and oxygen atoms in total. The van der Waals surface area contributed by atoms with Crippen LogP contribution in [0.5, 0.6) is 0 Å². The van der Waals surface area contributed by atoms with Crippen LogP contribution in [0.1, 0.15) is 40.7 Å². The van der Waals surface area contributed by atoms with Gasteiger partial charge < -0.3 is 10.6 Å². The van der Waals surface area contributed by atoms with Crippen molar-refractivity contribution in [1.82, 2.24) is 10.6 Å². The van der Waals surface area contributed by atoms with Crippen LogP contribution in [0.4, 0.5) is 0 Å². The number of hydrogen-bond donors (Lipinski definition) is 2. The molecule has 0 aliphatic carbocycles. The summed E-state index contributed by atoms with van der Waals surface area (Å²) >= 11 is 1.62. The van der Waals surface area contributed by atoms with Gasteiger partial charge in [-0.2, -0.15) is 0 Å². The van der Waals surface area contributed by atoms with Crippen LogP contribution < -0.4 is 10.6 Å². The molecule has 0 aliphatic heterocycles. The molecule has 1 aromatic heterocycles. The smallest absolute Gasteiger partial charge is 0.251 e. The van der Waals surface area contributed by atoms with Crippen LogP contribution >= 0.6 is 11.3 Å². The van der Waals surface area contributed by atoms with Crippen LogP contribution in [0, 0.1) is 12.8 Å². The van der Waals surface area contributed by atoms with Gasteiger partial charge in [0.15, 0.2) is 0 Å². The summed E-state index contributed by atoms with van der Waals surface area (Å²) in [6, 6.07) is 11.2. The Morgan fingerprint density at radius 1 is 1.13 bits per heavy atom.